The Kier molecular flexibility index (Phi) is 4.24. The molecule has 4 heteroatoms. The molecule has 1 unspecified atom stereocenters. The second kappa shape index (κ2) is 5.24. The van der Waals surface area contributed by atoms with Gasteiger partial charge in [-0.15, -0.1) is 0 Å². The smallest absolute Gasteiger partial charge is 0.179 e. The van der Waals surface area contributed by atoms with Crippen LogP contribution in [0.1, 0.15) is 24.8 Å². The van der Waals surface area contributed by atoms with E-state index in [1.54, 1.807) is 12.1 Å². The maximum absolute atomic E-state index is 9.92. The lowest BCUT2D eigenvalue weighted by atomic mass is 9.96. The van der Waals surface area contributed by atoms with E-state index in [1.165, 1.54) is 7.11 Å². The largest absolute Gasteiger partial charge is 0.504 e. The van der Waals surface area contributed by atoms with Gasteiger partial charge in [0, 0.05) is 5.56 Å². The van der Waals surface area contributed by atoms with Crippen LogP contribution in [0.4, 0.5) is 0 Å². The highest BCUT2D eigenvalue weighted by molar-refractivity contribution is 6.32. The predicted octanol–water partition coefficient (Wildman–Crippen LogP) is 2.51. The van der Waals surface area contributed by atoms with Crippen LogP contribution < -0.4 is 10.5 Å². The number of rotatable bonds is 4. The summed E-state index contributed by atoms with van der Waals surface area (Å²) in [6.07, 6.45) is 0.818. The zero-order chi connectivity index (χ0) is 11.4. The van der Waals surface area contributed by atoms with Gasteiger partial charge in [0.05, 0.1) is 12.1 Å². The average molecular weight is 230 g/mol. The van der Waals surface area contributed by atoms with Crippen molar-refractivity contribution in [2.45, 2.75) is 19.3 Å². The SMILES string of the molecule is COc1c(Cl)ccc(C(C)CCN)c1O. The third-order valence-electron chi connectivity index (χ3n) is 2.45. The van der Waals surface area contributed by atoms with Crippen LogP contribution in [0.25, 0.3) is 0 Å². The molecule has 1 atom stereocenters. The number of aromatic hydroxyl groups is 1. The van der Waals surface area contributed by atoms with E-state index in [9.17, 15) is 5.11 Å². The third-order valence-corrected chi connectivity index (χ3v) is 2.75. The van der Waals surface area contributed by atoms with E-state index in [0.717, 1.165) is 12.0 Å². The van der Waals surface area contributed by atoms with Gasteiger partial charge in [-0.2, -0.15) is 0 Å². The number of hydrogen-bond acceptors (Lipinski definition) is 3. The Labute approximate surface area is 94.8 Å². The van der Waals surface area contributed by atoms with Crippen LogP contribution in [0.15, 0.2) is 12.1 Å². The molecule has 3 N–H and O–H groups in total. The van der Waals surface area contributed by atoms with Gasteiger partial charge in [-0.3, -0.25) is 0 Å². The van der Waals surface area contributed by atoms with Gasteiger partial charge in [0.15, 0.2) is 11.5 Å². The summed E-state index contributed by atoms with van der Waals surface area (Å²) in [5.74, 6) is 0.644. The number of benzene rings is 1. The second-order valence-electron chi connectivity index (χ2n) is 3.50. The van der Waals surface area contributed by atoms with Crippen molar-refractivity contribution < 1.29 is 9.84 Å². The molecule has 0 aliphatic heterocycles. The van der Waals surface area contributed by atoms with Crippen molar-refractivity contribution >= 4 is 11.6 Å². The van der Waals surface area contributed by atoms with Crippen LogP contribution in [0.3, 0.4) is 0 Å². The van der Waals surface area contributed by atoms with Crippen molar-refractivity contribution in [2.75, 3.05) is 13.7 Å². The van der Waals surface area contributed by atoms with E-state index in [4.69, 9.17) is 22.1 Å². The number of methoxy groups -OCH3 is 1. The summed E-state index contributed by atoms with van der Waals surface area (Å²) >= 11 is 5.87. The van der Waals surface area contributed by atoms with Crippen LogP contribution in [0.5, 0.6) is 11.5 Å². The van der Waals surface area contributed by atoms with Crippen LogP contribution in [0.2, 0.25) is 5.02 Å². The number of halogens is 1. The number of phenolic OH excluding ortho intramolecular Hbond substituents is 1. The quantitative estimate of drug-likeness (QED) is 0.834. The van der Waals surface area contributed by atoms with Crippen LogP contribution >= 0.6 is 11.6 Å². The Morgan fingerprint density at radius 1 is 1.53 bits per heavy atom. The molecule has 1 aromatic carbocycles. The molecule has 3 nitrogen and oxygen atoms in total. The van der Waals surface area contributed by atoms with Crippen molar-refractivity contribution in [1.29, 1.82) is 0 Å². The van der Waals surface area contributed by atoms with Gasteiger partial charge in [0.1, 0.15) is 0 Å². The minimum Gasteiger partial charge on any atom is -0.504 e. The molecular weight excluding hydrogens is 214 g/mol. The summed E-state index contributed by atoms with van der Waals surface area (Å²) in [7, 11) is 1.48. The average Bonchev–Trinajstić information content (AvgIpc) is 2.18. The number of nitrogens with two attached hydrogens (primary N) is 1. The van der Waals surface area contributed by atoms with Gasteiger partial charge in [0.2, 0.25) is 0 Å². The molecule has 0 heterocycles. The Balaban J connectivity index is 3.09. The molecule has 0 spiro atoms. The van der Waals surface area contributed by atoms with Crippen molar-refractivity contribution in [3.05, 3.63) is 22.7 Å². The minimum atomic E-state index is 0.117. The zero-order valence-electron chi connectivity index (χ0n) is 8.96. The van der Waals surface area contributed by atoms with Gasteiger partial charge < -0.3 is 15.6 Å². The molecule has 84 valence electrons. The fourth-order valence-corrected chi connectivity index (χ4v) is 1.79. The first-order chi connectivity index (χ1) is 7.11. The summed E-state index contributed by atoms with van der Waals surface area (Å²) in [5.41, 5.74) is 6.30. The van der Waals surface area contributed by atoms with Crippen LogP contribution in [-0.4, -0.2) is 18.8 Å². The highest BCUT2D eigenvalue weighted by Crippen LogP contribution is 2.40. The third kappa shape index (κ3) is 2.55. The molecule has 0 saturated heterocycles. The second-order valence-corrected chi connectivity index (χ2v) is 3.90. The van der Waals surface area contributed by atoms with Crippen molar-refractivity contribution in [3.8, 4) is 11.5 Å². The number of ether oxygens (including phenoxy) is 1. The number of phenols is 1. The summed E-state index contributed by atoms with van der Waals surface area (Å²) in [6.45, 7) is 2.60. The maximum atomic E-state index is 9.92. The molecule has 0 fully saturated rings. The first-order valence-corrected chi connectivity index (χ1v) is 5.25. The van der Waals surface area contributed by atoms with Crippen LogP contribution in [-0.2, 0) is 0 Å². The van der Waals surface area contributed by atoms with Gasteiger partial charge >= 0.3 is 0 Å². The predicted molar refractivity (Wildman–Crippen MR) is 61.8 cm³/mol. The molecular formula is C11H16ClNO2. The fraction of sp³-hybridized carbons (Fsp3) is 0.455. The summed E-state index contributed by atoms with van der Waals surface area (Å²) < 4.78 is 5.03. The van der Waals surface area contributed by atoms with E-state index >= 15 is 0 Å². The minimum absolute atomic E-state index is 0.117. The molecule has 0 aliphatic carbocycles. The summed E-state index contributed by atoms with van der Waals surface area (Å²) in [4.78, 5) is 0. The Morgan fingerprint density at radius 3 is 2.73 bits per heavy atom. The Morgan fingerprint density at radius 2 is 2.20 bits per heavy atom. The van der Waals surface area contributed by atoms with Gasteiger partial charge in [0.25, 0.3) is 0 Å². The van der Waals surface area contributed by atoms with E-state index in [1.807, 2.05) is 6.92 Å². The zero-order valence-corrected chi connectivity index (χ0v) is 9.71. The molecule has 0 saturated carbocycles. The normalized spacial score (nSPS) is 12.5. The molecule has 1 rings (SSSR count). The maximum Gasteiger partial charge on any atom is 0.179 e. The molecule has 0 bridgehead atoms. The molecule has 0 amide bonds. The fourth-order valence-electron chi connectivity index (χ4n) is 1.56. The van der Waals surface area contributed by atoms with E-state index in [-0.39, 0.29) is 11.7 Å². The van der Waals surface area contributed by atoms with Crippen molar-refractivity contribution in [1.82, 2.24) is 0 Å². The topological polar surface area (TPSA) is 55.5 Å². The molecule has 0 radical (unpaired) electrons. The lowest BCUT2D eigenvalue weighted by Crippen LogP contribution is -2.05. The van der Waals surface area contributed by atoms with Gasteiger partial charge in [-0.25, -0.2) is 0 Å². The highest BCUT2D eigenvalue weighted by Gasteiger charge is 2.16. The highest BCUT2D eigenvalue weighted by atomic mass is 35.5. The van der Waals surface area contributed by atoms with Crippen molar-refractivity contribution in [2.24, 2.45) is 5.73 Å². The van der Waals surface area contributed by atoms with Crippen molar-refractivity contribution in [3.63, 3.8) is 0 Å². The van der Waals surface area contributed by atoms with Crippen LogP contribution in [0, 0.1) is 0 Å². The molecule has 15 heavy (non-hydrogen) atoms. The van der Waals surface area contributed by atoms with Gasteiger partial charge in [-0.05, 0) is 24.9 Å². The van der Waals surface area contributed by atoms with Gasteiger partial charge in [-0.1, -0.05) is 24.6 Å². The summed E-state index contributed by atoms with van der Waals surface area (Å²) in [5, 5.41) is 10.3. The Hall–Kier alpha value is -0.930. The van der Waals surface area contributed by atoms with E-state index < -0.39 is 0 Å². The first-order valence-electron chi connectivity index (χ1n) is 4.87. The standard InChI is InChI=1S/C11H16ClNO2/c1-7(5-6-13)8-3-4-9(12)11(15-2)10(8)14/h3-4,7,14H,5-6,13H2,1-2H3. The first kappa shape index (κ1) is 12.1. The van der Waals surface area contributed by atoms with E-state index in [0.29, 0.717) is 17.3 Å². The monoisotopic (exact) mass is 229 g/mol. The number of hydrogen-bond donors (Lipinski definition) is 2. The summed E-state index contributed by atoms with van der Waals surface area (Å²) in [6, 6.07) is 3.53. The van der Waals surface area contributed by atoms with E-state index in [2.05, 4.69) is 0 Å². The molecule has 1 aromatic rings. The Bertz CT molecular complexity index is 342. The molecule has 0 aliphatic rings. The molecule has 0 aromatic heterocycles. The lowest BCUT2D eigenvalue weighted by Gasteiger charge is -2.15. The lowest BCUT2D eigenvalue weighted by molar-refractivity contribution is 0.368.